The number of hydrogen-bond donors (Lipinski definition) is 0. The third kappa shape index (κ3) is 4.27. The van der Waals surface area contributed by atoms with Crippen LogP contribution in [-0.2, 0) is 11.2 Å². The second-order valence-electron chi connectivity index (χ2n) is 3.95. The van der Waals surface area contributed by atoms with E-state index >= 15 is 0 Å². The molecule has 0 bridgehead atoms. The van der Waals surface area contributed by atoms with Gasteiger partial charge in [0, 0.05) is 12.8 Å². The lowest BCUT2D eigenvalue weighted by Gasteiger charge is -2.01. The Morgan fingerprint density at radius 3 is 2.50 bits per heavy atom. The smallest absolute Gasteiger partial charge is 0.132 e. The number of ketones is 1. The molecule has 1 rings (SSSR count). The Bertz CT molecular complexity index is 373. The molecule has 16 heavy (non-hydrogen) atoms. The Morgan fingerprint density at radius 1 is 1.25 bits per heavy atom. The fourth-order valence-corrected chi connectivity index (χ4v) is 1.64. The van der Waals surface area contributed by atoms with Gasteiger partial charge in [-0.3, -0.25) is 4.79 Å². The minimum Gasteiger partial charge on any atom is -0.300 e. The molecule has 0 saturated carbocycles. The molecule has 2 heteroatoms. The Labute approximate surface area is 96.9 Å². The summed E-state index contributed by atoms with van der Waals surface area (Å²) in [6, 6.07) is 9.66. The van der Waals surface area contributed by atoms with E-state index in [2.05, 4.69) is 6.07 Å². The van der Waals surface area contributed by atoms with Crippen molar-refractivity contribution in [2.24, 2.45) is 0 Å². The fourth-order valence-electron chi connectivity index (χ4n) is 1.64. The number of benzene rings is 1. The predicted octanol–water partition coefficient (Wildman–Crippen LogP) is 3.25. The first kappa shape index (κ1) is 12.4. The number of hydrogen-bond acceptors (Lipinski definition) is 2. The zero-order chi connectivity index (χ0) is 11.8. The van der Waals surface area contributed by atoms with Crippen molar-refractivity contribution < 1.29 is 4.79 Å². The number of carbonyl (C=O) groups excluding carboxylic acids is 1. The van der Waals surface area contributed by atoms with E-state index in [1.165, 1.54) is 5.56 Å². The molecule has 0 saturated heterocycles. The lowest BCUT2D eigenvalue weighted by atomic mass is 10.0. The molecule has 0 aliphatic carbocycles. The summed E-state index contributed by atoms with van der Waals surface area (Å²) in [6.07, 6.45) is 4.14. The van der Waals surface area contributed by atoms with E-state index in [9.17, 15) is 4.79 Å². The molecule has 1 aromatic rings. The summed E-state index contributed by atoms with van der Waals surface area (Å²) in [4.78, 5) is 11.3. The second-order valence-corrected chi connectivity index (χ2v) is 3.95. The van der Waals surface area contributed by atoms with Crippen molar-refractivity contribution in [2.75, 3.05) is 0 Å². The quantitative estimate of drug-likeness (QED) is 0.730. The van der Waals surface area contributed by atoms with Crippen molar-refractivity contribution >= 4 is 5.78 Å². The Kier molecular flexibility index (Phi) is 5.28. The summed E-state index contributed by atoms with van der Waals surface area (Å²) in [5.41, 5.74) is 1.88. The summed E-state index contributed by atoms with van der Waals surface area (Å²) >= 11 is 0. The SMILES string of the molecule is CCCC(=O)CCCc1ccc(C#N)cc1. The summed E-state index contributed by atoms with van der Waals surface area (Å²) in [5.74, 6) is 0.358. The van der Waals surface area contributed by atoms with Crippen LogP contribution in [0.5, 0.6) is 0 Å². The second kappa shape index (κ2) is 6.79. The number of rotatable bonds is 6. The van der Waals surface area contributed by atoms with Crippen LogP contribution in [0.4, 0.5) is 0 Å². The molecule has 0 aromatic heterocycles. The topological polar surface area (TPSA) is 40.9 Å². The first-order valence-corrected chi connectivity index (χ1v) is 5.77. The molecule has 0 aliphatic rings. The van der Waals surface area contributed by atoms with Gasteiger partial charge in [0.1, 0.15) is 5.78 Å². The van der Waals surface area contributed by atoms with Gasteiger partial charge in [0.2, 0.25) is 0 Å². The predicted molar refractivity (Wildman–Crippen MR) is 64.0 cm³/mol. The molecule has 0 heterocycles. The zero-order valence-electron chi connectivity index (χ0n) is 9.70. The molecular formula is C14H17NO. The van der Waals surface area contributed by atoms with Gasteiger partial charge in [0.05, 0.1) is 11.6 Å². The summed E-state index contributed by atoms with van der Waals surface area (Å²) in [7, 11) is 0. The standard InChI is InChI=1S/C14H17NO/c1-2-4-14(16)6-3-5-12-7-9-13(11-15)10-8-12/h7-10H,2-6H2,1H3. The van der Waals surface area contributed by atoms with Crippen molar-refractivity contribution in [1.82, 2.24) is 0 Å². The van der Waals surface area contributed by atoms with Crippen LogP contribution >= 0.6 is 0 Å². The van der Waals surface area contributed by atoms with Crippen molar-refractivity contribution in [1.29, 1.82) is 5.26 Å². The first-order valence-electron chi connectivity index (χ1n) is 5.77. The highest BCUT2D eigenvalue weighted by Gasteiger charge is 2.00. The summed E-state index contributed by atoms with van der Waals surface area (Å²) < 4.78 is 0. The molecule has 0 amide bonds. The van der Waals surface area contributed by atoms with Gasteiger partial charge in [-0.1, -0.05) is 19.1 Å². The molecule has 0 atom stereocenters. The highest BCUT2D eigenvalue weighted by atomic mass is 16.1. The summed E-state index contributed by atoms with van der Waals surface area (Å²) in [6.45, 7) is 2.03. The molecule has 0 aliphatic heterocycles. The molecule has 0 N–H and O–H groups in total. The van der Waals surface area contributed by atoms with Crippen LogP contribution in [0, 0.1) is 11.3 Å². The van der Waals surface area contributed by atoms with Crippen molar-refractivity contribution in [3.8, 4) is 6.07 Å². The van der Waals surface area contributed by atoms with Gasteiger partial charge in [-0.05, 0) is 37.0 Å². The van der Waals surface area contributed by atoms with Gasteiger partial charge in [-0.15, -0.1) is 0 Å². The zero-order valence-corrected chi connectivity index (χ0v) is 9.70. The molecule has 0 unspecified atom stereocenters. The molecular weight excluding hydrogens is 198 g/mol. The summed E-state index contributed by atoms with van der Waals surface area (Å²) in [5, 5.41) is 8.64. The van der Waals surface area contributed by atoms with E-state index in [1.807, 2.05) is 31.2 Å². The highest BCUT2D eigenvalue weighted by Crippen LogP contribution is 2.08. The third-order valence-electron chi connectivity index (χ3n) is 2.53. The molecule has 2 nitrogen and oxygen atoms in total. The van der Waals surface area contributed by atoms with E-state index in [4.69, 9.17) is 5.26 Å². The van der Waals surface area contributed by atoms with Gasteiger partial charge in [-0.2, -0.15) is 5.26 Å². The average Bonchev–Trinajstić information content (AvgIpc) is 2.30. The molecule has 0 radical (unpaired) electrons. The van der Waals surface area contributed by atoms with Gasteiger partial charge in [0.15, 0.2) is 0 Å². The molecule has 0 spiro atoms. The Balaban J connectivity index is 2.32. The van der Waals surface area contributed by atoms with Crippen molar-refractivity contribution in [3.05, 3.63) is 35.4 Å². The van der Waals surface area contributed by atoms with Crippen LogP contribution in [-0.4, -0.2) is 5.78 Å². The average molecular weight is 215 g/mol. The van der Waals surface area contributed by atoms with Crippen LogP contribution in [0.25, 0.3) is 0 Å². The number of carbonyl (C=O) groups is 1. The Morgan fingerprint density at radius 2 is 1.94 bits per heavy atom. The highest BCUT2D eigenvalue weighted by molar-refractivity contribution is 5.78. The monoisotopic (exact) mass is 215 g/mol. The van der Waals surface area contributed by atoms with Crippen molar-refractivity contribution in [2.45, 2.75) is 39.0 Å². The molecule has 84 valence electrons. The number of nitriles is 1. The minimum absolute atomic E-state index is 0.358. The Hall–Kier alpha value is -1.62. The van der Waals surface area contributed by atoms with E-state index in [-0.39, 0.29) is 0 Å². The van der Waals surface area contributed by atoms with E-state index in [0.29, 0.717) is 24.2 Å². The van der Waals surface area contributed by atoms with E-state index < -0.39 is 0 Å². The molecule has 1 aromatic carbocycles. The maximum atomic E-state index is 11.3. The van der Waals surface area contributed by atoms with Crippen LogP contribution in [0.15, 0.2) is 24.3 Å². The van der Waals surface area contributed by atoms with Gasteiger partial charge in [0.25, 0.3) is 0 Å². The number of nitrogens with zero attached hydrogens (tertiary/aromatic N) is 1. The normalized spacial score (nSPS) is 9.75. The number of aryl methyl sites for hydroxylation is 1. The molecule has 0 fully saturated rings. The maximum Gasteiger partial charge on any atom is 0.132 e. The van der Waals surface area contributed by atoms with Crippen molar-refractivity contribution in [3.63, 3.8) is 0 Å². The van der Waals surface area contributed by atoms with E-state index in [1.54, 1.807) is 0 Å². The van der Waals surface area contributed by atoms with Gasteiger partial charge >= 0.3 is 0 Å². The van der Waals surface area contributed by atoms with E-state index in [0.717, 1.165) is 19.3 Å². The van der Waals surface area contributed by atoms with Crippen LogP contribution < -0.4 is 0 Å². The lowest BCUT2D eigenvalue weighted by molar-refractivity contribution is -0.119. The number of Topliss-reactive ketones (excluding diaryl/α,β-unsaturated/α-hetero) is 1. The van der Waals surface area contributed by atoms with Crippen LogP contribution in [0.3, 0.4) is 0 Å². The fraction of sp³-hybridized carbons (Fsp3) is 0.429. The first-order chi connectivity index (χ1) is 7.76. The van der Waals surface area contributed by atoms with Gasteiger partial charge < -0.3 is 0 Å². The van der Waals surface area contributed by atoms with Gasteiger partial charge in [-0.25, -0.2) is 0 Å². The van der Waals surface area contributed by atoms with Crippen LogP contribution in [0.2, 0.25) is 0 Å². The maximum absolute atomic E-state index is 11.3. The third-order valence-corrected chi connectivity index (χ3v) is 2.53. The largest absolute Gasteiger partial charge is 0.300 e. The van der Waals surface area contributed by atoms with Crippen LogP contribution in [0.1, 0.15) is 43.7 Å². The minimum atomic E-state index is 0.358. The lowest BCUT2D eigenvalue weighted by Crippen LogP contribution is -1.97.